The van der Waals surface area contributed by atoms with Crippen LogP contribution in [0.4, 0.5) is 0 Å². The van der Waals surface area contributed by atoms with Crippen molar-refractivity contribution < 1.29 is 14.7 Å². The van der Waals surface area contributed by atoms with E-state index in [1.807, 2.05) is 0 Å². The van der Waals surface area contributed by atoms with E-state index in [2.05, 4.69) is 4.90 Å². The van der Waals surface area contributed by atoms with E-state index in [4.69, 9.17) is 5.11 Å². The van der Waals surface area contributed by atoms with E-state index in [0.717, 1.165) is 32.6 Å². The molecule has 1 N–H and O–H groups in total. The van der Waals surface area contributed by atoms with Crippen LogP contribution in [0.15, 0.2) is 0 Å². The van der Waals surface area contributed by atoms with Crippen molar-refractivity contribution in [2.45, 2.75) is 38.1 Å². The molecule has 1 saturated carbocycles. The van der Waals surface area contributed by atoms with Gasteiger partial charge >= 0.3 is 5.97 Å². The Morgan fingerprint density at radius 2 is 1.78 bits per heavy atom. The van der Waals surface area contributed by atoms with Crippen molar-refractivity contribution in [3.8, 4) is 0 Å². The molecule has 5 nitrogen and oxygen atoms in total. The standard InChI is InChI=1S/C13H20N2O3/c16-11(13(4-5-13)12(17)18)15-8-3-10(9-15)14-6-1-2-7-14/h10H,1-9H2,(H,17,18). The summed E-state index contributed by atoms with van der Waals surface area (Å²) in [5.74, 6) is -1.08. The Morgan fingerprint density at radius 3 is 2.33 bits per heavy atom. The van der Waals surface area contributed by atoms with Gasteiger partial charge in [0.2, 0.25) is 5.91 Å². The molecule has 0 radical (unpaired) electrons. The molecule has 0 aromatic rings. The monoisotopic (exact) mass is 252 g/mol. The average Bonchev–Trinajstić information content (AvgIpc) is 2.80. The fourth-order valence-electron chi connectivity index (χ4n) is 3.28. The SMILES string of the molecule is O=C(O)C1(C(=O)N2CCC(N3CCCC3)C2)CC1. The van der Waals surface area contributed by atoms with Crippen LogP contribution >= 0.6 is 0 Å². The van der Waals surface area contributed by atoms with Crippen molar-refractivity contribution in [2.75, 3.05) is 26.2 Å². The minimum absolute atomic E-state index is 0.142. The second-order valence-corrected chi connectivity index (χ2v) is 5.82. The van der Waals surface area contributed by atoms with Gasteiger partial charge in [-0.05, 0) is 45.2 Å². The van der Waals surface area contributed by atoms with Crippen LogP contribution in [-0.4, -0.2) is 59.0 Å². The normalized spacial score (nSPS) is 30.7. The highest BCUT2D eigenvalue weighted by Crippen LogP contribution is 2.48. The van der Waals surface area contributed by atoms with Crippen LogP contribution in [0, 0.1) is 5.41 Å². The van der Waals surface area contributed by atoms with Crippen molar-refractivity contribution in [1.82, 2.24) is 9.80 Å². The highest BCUT2D eigenvalue weighted by Gasteiger charge is 2.59. The number of carbonyl (C=O) groups excluding carboxylic acids is 1. The van der Waals surface area contributed by atoms with Crippen LogP contribution in [0.3, 0.4) is 0 Å². The molecule has 0 aromatic heterocycles. The number of amides is 1. The summed E-state index contributed by atoms with van der Waals surface area (Å²) < 4.78 is 0. The van der Waals surface area contributed by atoms with Crippen molar-refractivity contribution in [3.05, 3.63) is 0 Å². The number of hydrogen-bond donors (Lipinski definition) is 1. The molecule has 1 atom stereocenters. The Kier molecular flexibility index (Phi) is 2.81. The van der Waals surface area contributed by atoms with E-state index in [9.17, 15) is 9.59 Å². The molecular weight excluding hydrogens is 232 g/mol. The number of carboxylic acids is 1. The third kappa shape index (κ3) is 1.81. The van der Waals surface area contributed by atoms with Gasteiger partial charge in [-0.2, -0.15) is 0 Å². The Hall–Kier alpha value is -1.10. The lowest BCUT2D eigenvalue weighted by Gasteiger charge is -2.24. The largest absolute Gasteiger partial charge is 0.480 e. The predicted octanol–water partition coefficient (Wildman–Crippen LogP) is 0.548. The second kappa shape index (κ2) is 4.23. The van der Waals surface area contributed by atoms with Gasteiger partial charge in [0.15, 0.2) is 0 Å². The number of aliphatic carboxylic acids is 1. The third-order valence-electron chi connectivity index (χ3n) is 4.68. The first-order valence-electron chi connectivity index (χ1n) is 6.90. The molecule has 3 fully saturated rings. The minimum atomic E-state index is -1.06. The molecule has 1 amide bonds. The van der Waals surface area contributed by atoms with E-state index < -0.39 is 11.4 Å². The highest BCUT2D eigenvalue weighted by molar-refractivity contribution is 6.04. The molecule has 1 unspecified atom stereocenters. The Labute approximate surface area is 107 Å². The van der Waals surface area contributed by atoms with E-state index in [1.165, 1.54) is 12.8 Å². The molecule has 3 aliphatic rings. The first-order valence-corrected chi connectivity index (χ1v) is 6.90. The maximum atomic E-state index is 12.3. The van der Waals surface area contributed by atoms with Crippen LogP contribution < -0.4 is 0 Å². The summed E-state index contributed by atoms with van der Waals surface area (Å²) in [5.41, 5.74) is -1.06. The number of rotatable bonds is 3. The first-order chi connectivity index (χ1) is 8.63. The molecule has 3 rings (SSSR count). The molecule has 5 heteroatoms. The van der Waals surface area contributed by atoms with Crippen LogP contribution in [-0.2, 0) is 9.59 Å². The minimum Gasteiger partial charge on any atom is -0.480 e. The zero-order valence-corrected chi connectivity index (χ0v) is 10.6. The number of carboxylic acid groups (broad SMARTS) is 1. The third-order valence-corrected chi connectivity index (χ3v) is 4.68. The van der Waals surface area contributed by atoms with E-state index >= 15 is 0 Å². The summed E-state index contributed by atoms with van der Waals surface area (Å²) in [7, 11) is 0. The maximum absolute atomic E-state index is 12.3. The van der Waals surface area contributed by atoms with Gasteiger partial charge < -0.3 is 10.0 Å². The van der Waals surface area contributed by atoms with Crippen LogP contribution in [0.5, 0.6) is 0 Å². The number of carbonyl (C=O) groups is 2. The molecule has 2 heterocycles. The molecule has 2 saturated heterocycles. The molecule has 1 aliphatic carbocycles. The topological polar surface area (TPSA) is 60.9 Å². The average molecular weight is 252 g/mol. The number of likely N-dealkylation sites (tertiary alicyclic amines) is 2. The Morgan fingerprint density at radius 1 is 1.11 bits per heavy atom. The van der Waals surface area contributed by atoms with Gasteiger partial charge in [0, 0.05) is 19.1 Å². The van der Waals surface area contributed by atoms with Crippen molar-refractivity contribution in [1.29, 1.82) is 0 Å². The lowest BCUT2D eigenvalue weighted by Crippen LogP contribution is -2.42. The van der Waals surface area contributed by atoms with Crippen LogP contribution in [0.1, 0.15) is 32.1 Å². The second-order valence-electron chi connectivity index (χ2n) is 5.82. The highest BCUT2D eigenvalue weighted by atomic mass is 16.4. The fraction of sp³-hybridized carbons (Fsp3) is 0.846. The van der Waals surface area contributed by atoms with E-state index in [-0.39, 0.29) is 5.91 Å². The van der Waals surface area contributed by atoms with Crippen molar-refractivity contribution >= 4 is 11.9 Å². The Balaban J connectivity index is 1.62. The fourth-order valence-corrected chi connectivity index (χ4v) is 3.28. The van der Waals surface area contributed by atoms with E-state index in [1.54, 1.807) is 4.90 Å². The molecular formula is C13H20N2O3. The summed E-state index contributed by atoms with van der Waals surface area (Å²) in [6.07, 6.45) is 4.55. The summed E-state index contributed by atoms with van der Waals surface area (Å²) in [4.78, 5) is 27.7. The quantitative estimate of drug-likeness (QED) is 0.745. The molecule has 0 spiro atoms. The molecule has 0 bridgehead atoms. The van der Waals surface area contributed by atoms with Crippen molar-refractivity contribution in [2.24, 2.45) is 5.41 Å². The predicted molar refractivity (Wildman–Crippen MR) is 65.1 cm³/mol. The van der Waals surface area contributed by atoms with Gasteiger partial charge in [-0.1, -0.05) is 0 Å². The van der Waals surface area contributed by atoms with Crippen LogP contribution in [0.2, 0.25) is 0 Å². The van der Waals surface area contributed by atoms with Gasteiger partial charge in [-0.25, -0.2) is 0 Å². The van der Waals surface area contributed by atoms with Gasteiger partial charge in [0.1, 0.15) is 5.41 Å². The number of hydrogen-bond acceptors (Lipinski definition) is 3. The van der Waals surface area contributed by atoms with Crippen LogP contribution in [0.25, 0.3) is 0 Å². The lowest BCUT2D eigenvalue weighted by molar-refractivity contribution is -0.153. The number of nitrogens with zero attached hydrogens (tertiary/aromatic N) is 2. The molecule has 0 aromatic carbocycles. The summed E-state index contributed by atoms with van der Waals surface area (Å²) in [5, 5.41) is 9.15. The molecule has 2 aliphatic heterocycles. The summed E-state index contributed by atoms with van der Waals surface area (Å²) >= 11 is 0. The summed E-state index contributed by atoms with van der Waals surface area (Å²) in [6.45, 7) is 3.73. The lowest BCUT2D eigenvalue weighted by atomic mass is 10.1. The van der Waals surface area contributed by atoms with Gasteiger partial charge in [0.05, 0.1) is 0 Å². The maximum Gasteiger partial charge on any atom is 0.319 e. The van der Waals surface area contributed by atoms with E-state index in [0.29, 0.717) is 18.9 Å². The molecule has 100 valence electrons. The zero-order valence-electron chi connectivity index (χ0n) is 10.6. The summed E-state index contributed by atoms with van der Waals surface area (Å²) in [6, 6.07) is 0.459. The van der Waals surface area contributed by atoms with Gasteiger partial charge in [0.25, 0.3) is 0 Å². The molecule has 18 heavy (non-hydrogen) atoms. The van der Waals surface area contributed by atoms with Crippen molar-refractivity contribution in [3.63, 3.8) is 0 Å². The smallest absolute Gasteiger partial charge is 0.319 e. The van der Waals surface area contributed by atoms with Gasteiger partial charge in [-0.15, -0.1) is 0 Å². The zero-order chi connectivity index (χ0) is 12.8. The Bertz CT molecular complexity index is 372. The first kappa shape index (κ1) is 12.0. The van der Waals surface area contributed by atoms with Gasteiger partial charge in [-0.3, -0.25) is 14.5 Å².